The maximum Gasteiger partial charge on any atom is 0.504 e. The van der Waals surface area contributed by atoms with E-state index in [1.54, 1.807) is 0 Å². The van der Waals surface area contributed by atoms with E-state index in [4.69, 9.17) is 18.4 Å². The largest absolute Gasteiger partial charge is 0.504 e. The lowest BCUT2D eigenvalue weighted by Gasteiger charge is -2.34. The van der Waals surface area contributed by atoms with Gasteiger partial charge >= 0.3 is 14.9 Å². The van der Waals surface area contributed by atoms with Gasteiger partial charge in [-0.25, -0.2) is 4.79 Å². The van der Waals surface area contributed by atoms with E-state index in [-0.39, 0.29) is 5.54 Å². The summed E-state index contributed by atoms with van der Waals surface area (Å²) in [4.78, 5) is 10.5. The average molecular weight is 293 g/mol. The Morgan fingerprint density at radius 1 is 1.11 bits per heavy atom. The van der Waals surface area contributed by atoms with Gasteiger partial charge in [-0.05, 0) is 33.6 Å². The zero-order valence-corrected chi connectivity index (χ0v) is 13.4. The molecule has 0 rings (SSSR count). The minimum Gasteiger partial charge on any atom is -0.465 e. The third-order valence-corrected chi connectivity index (χ3v) is 6.57. The van der Waals surface area contributed by atoms with E-state index in [1.165, 1.54) is 0 Å². The van der Waals surface area contributed by atoms with Gasteiger partial charge in [-0.15, -0.1) is 0 Å². The molecule has 0 aromatic heterocycles. The van der Waals surface area contributed by atoms with Gasteiger partial charge in [0, 0.05) is 31.9 Å². The first kappa shape index (κ1) is 18.4. The van der Waals surface area contributed by atoms with Crippen LogP contribution in [0.25, 0.3) is 0 Å². The maximum absolute atomic E-state index is 10.5. The smallest absolute Gasteiger partial charge is 0.465 e. The summed E-state index contributed by atoms with van der Waals surface area (Å²) < 4.78 is 17.5. The van der Waals surface area contributed by atoms with Crippen LogP contribution >= 0.6 is 0 Å². The lowest BCUT2D eigenvalue weighted by molar-refractivity contribution is 0.0591. The number of nitrogens with one attached hydrogen (secondary N) is 1. The van der Waals surface area contributed by atoms with Crippen molar-refractivity contribution in [3.63, 3.8) is 0 Å². The second kappa shape index (κ2) is 10.2. The van der Waals surface area contributed by atoms with Gasteiger partial charge in [0.1, 0.15) is 0 Å². The normalized spacial score (nSPS) is 13.3. The zero-order valence-electron chi connectivity index (χ0n) is 12.4. The van der Waals surface area contributed by atoms with Crippen molar-refractivity contribution in [2.24, 2.45) is 0 Å². The summed E-state index contributed by atoms with van der Waals surface area (Å²) in [5.74, 6) is 0. The minimum atomic E-state index is -2.73. The van der Waals surface area contributed by atoms with Crippen LogP contribution in [-0.2, 0) is 13.3 Å². The Morgan fingerprint density at radius 3 is 1.89 bits per heavy atom. The molecule has 0 saturated carbocycles. The topological polar surface area (TPSA) is 77.0 Å². The van der Waals surface area contributed by atoms with E-state index in [9.17, 15) is 4.79 Å². The number of amides is 1. The molecule has 0 heterocycles. The number of hydrogen-bond acceptors (Lipinski definition) is 4. The Labute approximate surface area is 116 Å². The highest BCUT2D eigenvalue weighted by atomic mass is 28.4. The van der Waals surface area contributed by atoms with Crippen molar-refractivity contribution >= 4 is 14.9 Å². The van der Waals surface area contributed by atoms with Gasteiger partial charge in [0.25, 0.3) is 0 Å². The van der Waals surface area contributed by atoms with Crippen molar-refractivity contribution in [3.05, 3.63) is 0 Å². The molecule has 7 heteroatoms. The van der Waals surface area contributed by atoms with Crippen LogP contribution in [0, 0.1) is 0 Å². The highest BCUT2D eigenvalue weighted by molar-refractivity contribution is 6.62. The van der Waals surface area contributed by atoms with Gasteiger partial charge in [0.05, 0.1) is 0 Å². The molecule has 0 spiro atoms. The summed E-state index contributed by atoms with van der Waals surface area (Å²) in [6.45, 7) is 9.80. The lowest BCUT2D eigenvalue weighted by Crippen LogP contribution is -2.51. The second-order valence-electron chi connectivity index (χ2n) is 4.03. The molecule has 1 unspecified atom stereocenters. The number of hydrogen-bond donors (Lipinski definition) is 2. The van der Waals surface area contributed by atoms with E-state index in [1.807, 2.05) is 27.7 Å². The first-order valence-electron chi connectivity index (χ1n) is 6.94. The summed E-state index contributed by atoms with van der Waals surface area (Å²) in [5.41, 5.74) is 0.110. The molecule has 0 aromatic carbocycles. The van der Waals surface area contributed by atoms with Gasteiger partial charge < -0.3 is 23.7 Å². The monoisotopic (exact) mass is 293 g/mol. The summed E-state index contributed by atoms with van der Waals surface area (Å²) in [6, 6.07) is 0. The van der Waals surface area contributed by atoms with Crippen LogP contribution < -0.4 is 5.32 Å². The summed E-state index contributed by atoms with van der Waals surface area (Å²) in [6.07, 6.45) is 0.495. The van der Waals surface area contributed by atoms with Crippen LogP contribution in [0.2, 0.25) is 5.54 Å². The fourth-order valence-corrected chi connectivity index (χ4v) is 5.23. The van der Waals surface area contributed by atoms with Gasteiger partial charge in [-0.3, -0.25) is 0 Å². The molecular formula is C12H27NO5Si. The van der Waals surface area contributed by atoms with Crippen molar-refractivity contribution in [3.8, 4) is 0 Å². The van der Waals surface area contributed by atoms with Crippen molar-refractivity contribution in [2.45, 2.75) is 46.1 Å². The molecule has 0 aromatic rings. The molecule has 0 saturated heterocycles. The summed E-state index contributed by atoms with van der Waals surface area (Å²) in [7, 11) is -2.73. The molecule has 2 N–H and O–H groups in total. The predicted octanol–water partition coefficient (Wildman–Crippen LogP) is 2.47. The number of carboxylic acid groups (broad SMARTS) is 1. The lowest BCUT2D eigenvalue weighted by atomic mass is 10.2. The second-order valence-corrected chi connectivity index (χ2v) is 6.92. The number of carbonyl (C=O) groups is 1. The predicted molar refractivity (Wildman–Crippen MR) is 75.3 cm³/mol. The minimum absolute atomic E-state index is 0.110. The van der Waals surface area contributed by atoms with Crippen molar-refractivity contribution in [1.29, 1.82) is 0 Å². The molecule has 0 radical (unpaired) electrons. The molecule has 1 atom stereocenters. The van der Waals surface area contributed by atoms with Crippen molar-refractivity contribution < 1.29 is 23.2 Å². The van der Waals surface area contributed by atoms with Crippen molar-refractivity contribution in [2.75, 3.05) is 26.4 Å². The molecule has 0 aliphatic heterocycles. The highest BCUT2D eigenvalue weighted by Gasteiger charge is 2.47. The van der Waals surface area contributed by atoms with Crippen LogP contribution in [-0.4, -0.2) is 46.4 Å². The standard InChI is InChI=1S/C12H27NO5Si/c1-5-11(9-10-13-12(14)15)19(16-6-2,17-7-3)18-8-4/h11,13H,5-10H2,1-4H3,(H,14,15). The first-order valence-corrected chi connectivity index (χ1v) is 8.75. The Balaban J connectivity index is 4.76. The third-order valence-electron chi connectivity index (χ3n) is 2.80. The fraction of sp³-hybridized carbons (Fsp3) is 0.917. The summed E-state index contributed by atoms with van der Waals surface area (Å²) in [5, 5.41) is 11.0. The van der Waals surface area contributed by atoms with E-state index in [0.29, 0.717) is 32.8 Å². The summed E-state index contributed by atoms with van der Waals surface area (Å²) >= 11 is 0. The van der Waals surface area contributed by atoms with Crippen LogP contribution in [0.15, 0.2) is 0 Å². The van der Waals surface area contributed by atoms with Gasteiger partial charge in [-0.2, -0.15) is 0 Å². The molecule has 6 nitrogen and oxygen atoms in total. The molecule has 1 amide bonds. The molecule has 114 valence electrons. The van der Waals surface area contributed by atoms with E-state index in [2.05, 4.69) is 5.32 Å². The van der Waals surface area contributed by atoms with Crippen LogP contribution in [0.5, 0.6) is 0 Å². The molecule has 0 bridgehead atoms. The molecule has 0 fully saturated rings. The molecule has 0 aliphatic rings. The highest BCUT2D eigenvalue weighted by Crippen LogP contribution is 2.31. The first-order chi connectivity index (χ1) is 9.06. The Kier molecular flexibility index (Phi) is 9.85. The molecule has 0 aliphatic carbocycles. The van der Waals surface area contributed by atoms with E-state index >= 15 is 0 Å². The Bertz CT molecular complexity index is 235. The average Bonchev–Trinajstić information content (AvgIpc) is 2.35. The Morgan fingerprint density at radius 2 is 1.58 bits per heavy atom. The molecular weight excluding hydrogens is 266 g/mol. The molecule has 19 heavy (non-hydrogen) atoms. The van der Waals surface area contributed by atoms with E-state index < -0.39 is 14.9 Å². The Hall–Kier alpha value is -0.633. The fourth-order valence-electron chi connectivity index (χ4n) is 2.07. The SMILES string of the molecule is CCO[Si](OCC)(OCC)C(CC)CCNC(=O)O. The van der Waals surface area contributed by atoms with Gasteiger partial charge in [-0.1, -0.05) is 6.92 Å². The van der Waals surface area contributed by atoms with Gasteiger partial charge in [0.2, 0.25) is 0 Å². The van der Waals surface area contributed by atoms with Crippen LogP contribution in [0.1, 0.15) is 40.5 Å². The van der Waals surface area contributed by atoms with E-state index in [0.717, 1.165) is 6.42 Å². The maximum atomic E-state index is 10.5. The van der Waals surface area contributed by atoms with Crippen LogP contribution in [0.4, 0.5) is 4.79 Å². The van der Waals surface area contributed by atoms with Crippen LogP contribution in [0.3, 0.4) is 0 Å². The van der Waals surface area contributed by atoms with Gasteiger partial charge in [0.15, 0.2) is 0 Å². The van der Waals surface area contributed by atoms with Crippen molar-refractivity contribution in [1.82, 2.24) is 5.32 Å². The quantitative estimate of drug-likeness (QED) is 0.572. The third kappa shape index (κ3) is 6.37. The number of rotatable bonds is 11. The zero-order chi connectivity index (χ0) is 14.7.